The Morgan fingerprint density at radius 3 is 2.31 bits per heavy atom. The van der Waals surface area contributed by atoms with Gasteiger partial charge in [-0.05, 0) is 87.4 Å². The zero-order chi connectivity index (χ0) is 33.3. The van der Waals surface area contributed by atoms with E-state index in [2.05, 4.69) is 26.8 Å². The lowest BCUT2D eigenvalue weighted by molar-refractivity contribution is -0.317. The van der Waals surface area contributed by atoms with Crippen molar-refractivity contribution in [1.29, 1.82) is 0 Å². The van der Waals surface area contributed by atoms with Gasteiger partial charge in [0, 0.05) is 16.7 Å². The molecule has 4 aliphatic carbocycles. The highest BCUT2D eigenvalue weighted by molar-refractivity contribution is 5.65. The zero-order valence-corrected chi connectivity index (χ0v) is 28.2. The first-order chi connectivity index (χ1) is 20.9. The number of allylic oxidation sites excluding steroid dienone is 1. The van der Waals surface area contributed by atoms with Crippen LogP contribution in [-0.4, -0.2) is 92.0 Å². The second-order valence-corrected chi connectivity index (χ2v) is 16.7. The van der Waals surface area contributed by atoms with Crippen LogP contribution in [-0.2, 0) is 14.3 Å². The standard InChI is InChI=1S/C36H58O9/c1-20(9-8-13-32(2,3)45-31-29(43)28(42)27(41)25(18-37)44-31)21-12-14-35(7)30-24(39)17-23-22(10-11-26(40)33(23,4)5)36(30,19-38)16-15-34(21,35)6/h8,13,17,19-22,24-31,37,39-43H,9-12,14-16,18H2,1-7H3/b13-8+. The van der Waals surface area contributed by atoms with E-state index in [4.69, 9.17) is 9.47 Å². The summed E-state index contributed by atoms with van der Waals surface area (Å²) in [6.45, 7) is 14.2. The molecule has 0 aromatic rings. The number of hydrogen-bond donors (Lipinski definition) is 6. The van der Waals surface area contributed by atoms with Gasteiger partial charge in [-0.2, -0.15) is 0 Å². The first-order valence-corrected chi connectivity index (χ1v) is 17.1. The first-order valence-electron chi connectivity index (χ1n) is 17.1. The molecule has 14 unspecified atom stereocenters. The zero-order valence-electron chi connectivity index (χ0n) is 28.2. The highest BCUT2D eigenvalue weighted by atomic mass is 16.7. The van der Waals surface area contributed by atoms with Crippen molar-refractivity contribution in [2.45, 2.75) is 142 Å². The molecule has 0 aromatic carbocycles. The predicted molar refractivity (Wildman–Crippen MR) is 169 cm³/mol. The molecule has 45 heavy (non-hydrogen) atoms. The Hall–Kier alpha value is -1.17. The summed E-state index contributed by atoms with van der Waals surface area (Å²) in [7, 11) is 0. The summed E-state index contributed by atoms with van der Waals surface area (Å²) in [4.78, 5) is 13.2. The maximum Gasteiger partial charge on any atom is 0.187 e. The van der Waals surface area contributed by atoms with E-state index < -0.39 is 66.0 Å². The van der Waals surface area contributed by atoms with E-state index in [1.165, 1.54) is 6.29 Å². The molecule has 1 saturated heterocycles. The van der Waals surface area contributed by atoms with Crippen LogP contribution in [0.5, 0.6) is 0 Å². The van der Waals surface area contributed by atoms with Gasteiger partial charge < -0.3 is 44.9 Å². The molecule has 0 amide bonds. The molecular weight excluding hydrogens is 576 g/mol. The number of hydrogen-bond acceptors (Lipinski definition) is 9. The van der Waals surface area contributed by atoms with Crippen molar-refractivity contribution in [1.82, 2.24) is 0 Å². The van der Waals surface area contributed by atoms with Crippen LogP contribution in [0.1, 0.15) is 93.4 Å². The van der Waals surface area contributed by atoms with Crippen LogP contribution < -0.4 is 0 Å². The fraction of sp³-hybridized carbons (Fsp3) is 0.861. The Morgan fingerprint density at radius 2 is 1.67 bits per heavy atom. The molecule has 0 spiro atoms. The summed E-state index contributed by atoms with van der Waals surface area (Å²) in [6, 6.07) is 0. The van der Waals surface area contributed by atoms with Gasteiger partial charge in [0.05, 0.1) is 24.4 Å². The summed E-state index contributed by atoms with van der Waals surface area (Å²) < 4.78 is 11.6. The number of aliphatic hydroxyl groups excluding tert-OH is 6. The van der Waals surface area contributed by atoms with Crippen LogP contribution in [0, 0.1) is 45.3 Å². The number of ether oxygens (including phenoxy) is 2. The van der Waals surface area contributed by atoms with Gasteiger partial charge in [0.15, 0.2) is 6.29 Å². The number of carbonyl (C=O) groups excluding carboxylic acids is 1. The molecule has 9 nitrogen and oxygen atoms in total. The second-order valence-electron chi connectivity index (χ2n) is 16.7. The SMILES string of the molecule is CC(C/C=C/C(C)(C)OC1OC(CO)C(O)C(O)C1O)C1CCC2(C)C3C(O)C=C4C(CCC(O)C4(C)C)C3(C=O)CCC12C. The van der Waals surface area contributed by atoms with E-state index in [-0.39, 0.29) is 22.7 Å². The number of fused-ring (bicyclic) bond motifs is 5. The van der Waals surface area contributed by atoms with Crippen molar-refractivity contribution in [2.24, 2.45) is 45.3 Å². The smallest absolute Gasteiger partial charge is 0.187 e. The third-order valence-electron chi connectivity index (χ3n) is 13.7. The molecule has 0 aromatic heterocycles. The van der Waals surface area contributed by atoms with Gasteiger partial charge in [-0.25, -0.2) is 0 Å². The summed E-state index contributed by atoms with van der Waals surface area (Å²) in [5, 5.41) is 62.8. The normalized spacial score (nSPS) is 48.7. The van der Waals surface area contributed by atoms with Gasteiger partial charge in [0.25, 0.3) is 0 Å². The topological polar surface area (TPSA) is 157 Å². The monoisotopic (exact) mass is 634 g/mol. The lowest BCUT2D eigenvalue weighted by Crippen LogP contribution is -2.64. The second kappa shape index (κ2) is 12.1. The van der Waals surface area contributed by atoms with Crippen LogP contribution >= 0.6 is 0 Å². The van der Waals surface area contributed by atoms with E-state index >= 15 is 0 Å². The maximum atomic E-state index is 13.2. The van der Waals surface area contributed by atoms with Gasteiger partial charge >= 0.3 is 0 Å². The highest BCUT2D eigenvalue weighted by Crippen LogP contribution is 2.74. The fourth-order valence-electron chi connectivity index (χ4n) is 10.8. The van der Waals surface area contributed by atoms with Crippen molar-refractivity contribution in [3.05, 3.63) is 23.8 Å². The molecule has 5 rings (SSSR count). The summed E-state index contributed by atoms with van der Waals surface area (Å²) in [5.74, 6) is 0.608. The molecule has 5 aliphatic rings. The Balaban J connectivity index is 1.31. The Bertz CT molecular complexity index is 1160. The first kappa shape index (κ1) is 35.1. The van der Waals surface area contributed by atoms with Gasteiger partial charge in [0.1, 0.15) is 30.7 Å². The highest BCUT2D eigenvalue weighted by Gasteiger charge is 2.70. The molecule has 6 N–H and O–H groups in total. The fourth-order valence-corrected chi connectivity index (χ4v) is 10.8. The average molecular weight is 635 g/mol. The minimum atomic E-state index is -1.49. The van der Waals surface area contributed by atoms with E-state index in [0.29, 0.717) is 18.3 Å². The minimum Gasteiger partial charge on any atom is -0.394 e. The molecule has 3 saturated carbocycles. The molecule has 14 atom stereocenters. The number of aldehydes is 1. The molecule has 256 valence electrons. The van der Waals surface area contributed by atoms with Crippen LogP contribution in [0.4, 0.5) is 0 Å². The molecule has 9 heteroatoms. The van der Waals surface area contributed by atoms with Crippen LogP contribution in [0.3, 0.4) is 0 Å². The Kier molecular flexibility index (Phi) is 9.42. The number of carbonyl (C=O) groups is 1. The van der Waals surface area contributed by atoms with E-state index in [1.807, 2.05) is 39.8 Å². The largest absolute Gasteiger partial charge is 0.394 e. The summed E-state index contributed by atoms with van der Waals surface area (Å²) in [6.07, 6.45) is 5.26. The van der Waals surface area contributed by atoms with Crippen molar-refractivity contribution in [3.63, 3.8) is 0 Å². The lowest BCUT2D eigenvalue weighted by atomic mass is 9.38. The van der Waals surface area contributed by atoms with Gasteiger partial charge in [-0.1, -0.05) is 58.4 Å². The molecule has 0 bridgehead atoms. The average Bonchev–Trinajstić information content (AvgIpc) is 3.25. The number of aliphatic hydroxyl groups is 6. The van der Waals surface area contributed by atoms with Gasteiger partial charge in [0.2, 0.25) is 0 Å². The van der Waals surface area contributed by atoms with E-state index in [9.17, 15) is 35.4 Å². The molecule has 0 radical (unpaired) electrons. The Labute approximate surface area is 268 Å². The van der Waals surface area contributed by atoms with Crippen molar-refractivity contribution in [2.75, 3.05) is 6.61 Å². The minimum absolute atomic E-state index is 0.0495. The summed E-state index contributed by atoms with van der Waals surface area (Å²) >= 11 is 0. The van der Waals surface area contributed by atoms with Crippen molar-refractivity contribution >= 4 is 6.29 Å². The van der Waals surface area contributed by atoms with Crippen molar-refractivity contribution < 1.29 is 44.9 Å². The summed E-state index contributed by atoms with van der Waals surface area (Å²) in [5.41, 5.74) is -1.17. The predicted octanol–water partition coefficient (Wildman–Crippen LogP) is 3.28. The van der Waals surface area contributed by atoms with Crippen molar-refractivity contribution in [3.8, 4) is 0 Å². The van der Waals surface area contributed by atoms with E-state index in [1.54, 1.807) is 0 Å². The molecule has 1 aliphatic heterocycles. The Morgan fingerprint density at radius 1 is 0.978 bits per heavy atom. The third-order valence-corrected chi connectivity index (χ3v) is 13.7. The third kappa shape index (κ3) is 5.41. The van der Waals surface area contributed by atoms with Gasteiger partial charge in [-0.15, -0.1) is 0 Å². The maximum absolute atomic E-state index is 13.2. The quantitative estimate of drug-likeness (QED) is 0.174. The van der Waals surface area contributed by atoms with Crippen LogP contribution in [0.2, 0.25) is 0 Å². The number of rotatable bonds is 8. The van der Waals surface area contributed by atoms with Gasteiger partial charge in [-0.3, -0.25) is 0 Å². The molecule has 1 heterocycles. The van der Waals surface area contributed by atoms with Crippen LogP contribution in [0.15, 0.2) is 23.8 Å². The lowest BCUT2D eigenvalue weighted by Gasteiger charge is -2.66. The van der Waals surface area contributed by atoms with Crippen LogP contribution in [0.25, 0.3) is 0 Å². The van der Waals surface area contributed by atoms with E-state index in [0.717, 1.165) is 44.1 Å². The molecule has 4 fully saturated rings. The molecular formula is C36H58O9.